The molecule has 218 valence electrons. The van der Waals surface area contributed by atoms with Crippen molar-refractivity contribution in [1.82, 2.24) is 9.13 Å². The molecule has 0 atom stereocenters. The van der Waals surface area contributed by atoms with Crippen molar-refractivity contribution in [2.75, 3.05) is 0 Å². The zero-order valence-corrected chi connectivity index (χ0v) is 25.2. The first kappa shape index (κ1) is 25.7. The van der Waals surface area contributed by atoms with Crippen molar-refractivity contribution in [3.63, 3.8) is 0 Å². The summed E-state index contributed by atoms with van der Waals surface area (Å²) >= 11 is 0. The van der Waals surface area contributed by atoms with E-state index in [2.05, 4.69) is 147 Å². The van der Waals surface area contributed by atoms with E-state index >= 15 is 0 Å². The second-order valence-electron chi connectivity index (χ2n) is 12.0. The summed E-state index contributed by atoms with van der Waals surface area (Å²) in [5, 5.41) is 6.68. The molecule has 4 nitrogen and oxygen atoms in total. The molecule has 0 fully saturated rings. The maximum atomic E-state index is 7.69. The largest absolute Gasteiger partial charge is 0.466 e. The first-order chi connectivity index (χ1) is 23.3. The van der Waals surface area contributed by atoms with Crippen LogP contribution < -0.4 is 0 Å². The van der Waals surface area contributed by atoms with Crippen LogP contribution in [0.1, 0.15) is 0 Å². The lowest BCUT2D eigenvalue weighted by Gasteiger charge is -2.12. The summed E-state index contributed by atoms with van der Waals surface area (Å²) < 4.78 is 11.2. The Kier molecular flexibility index (Phi) is 5.32. The molecule has 0 saturated heterocycles. The summed E-state index contributed by atoms with van der Waals surface area (Å²) in [7, 11) is 0. The molecule has 3 aromatic heterocycles. The van der Waals surface area contributed by atoms with Crippen LogP contribution >= 0.6 is 0 Å². The second-order valence-corrected chi connectivity index (χ2v) is 12.0. The van der Waals surface area contributed by atoms with Crippen molar-refractivity contribution in [3.05, 3.63) is 163 Å². The van der Waals surface area contributed by atoms with E-state index in [0.29, 0.717) is 11.3 Å². The maximum Gasteiger partial charge on any atom is 0.229 e. The van der Waals surface area contributed by atoms with Crippen LogP contribution in [0.4, 0.5) is 5.69 Å². The molecule has 0 amide bonds. The smallest absolute Gasteiger partial charge is 0.229 e. The van der Waals surface area contributed by atoms with Crippen LogP contribution in [0.5, 0.6) is 0 Å². The average molecular weight is 600 g/mol. The van der Waals surface area contributed by atoms with E-state index in [9.17, 15) is 0 Å². The zero-order valence-electron chi connectivity index (χ0n) is 25.2. The topological polar surface area (TPSA) is 27.4 Å². The minimum atomic E-state index is 0.534. The highest BCUT2D eigenvalue weighted by molar-refractivity contribution is 6.24. The average Bonchev–Trinajstić information content (AvgIpc) is 3.79. The van der Waals surface area contributed by atoms with Gasteiger partial charge in [0.1, 0.15) is 11.2 Å². The number of hydrogen-bond donors (Lipinski definition) is 0. The van der Waals surface area contributed by atoms with Crippen molar-refractivity contribution in [2.45, 2.75) is 0 Å². The Balaban J connectivity index is 1.18. The van der Waals surface area contributed by atoms with E-state index in [1.165, 1.54) is 21.8 Å². The maximum absolute atomic E-state index is 7.69. The second kappa shape index (κ2) is 9.71. The predicted octanol–water partition coefficient (Wildman–Crippen LogP) is 12.0. The van der Waals surface area contributed by atoms with Gasteiger partial charge in [-0.1, -0.05) is 97.1 Å². The highest BCUT2D eigenvalue weighted by atomic mass is 16.3. The van der Waals surface area contributed by atoms with Crippen molar-refractivity contribution >= 4 is 71.2 Å². The first-order valence-electron chi connectivity index (χ1n) is 15.7. The van der Waals surface area contributed by atoms with E-state index in [0.717, 1.165) is 60.7 Å². The summed E-state index contributed by atoms with van der Waals surface area (Å²) in [4.78, 5) is 3.73. The highest BCUT2D eigenvalue weighted by Gasteiger charge is 2.20. The van der Waals surface area contributed by atoms with Gasteiger partial charge in [0.2, 0.25) is 5.69 Å². The van der Waals surface area contributed by atoms with Gasteiger partial charge in [0.05, 0.1) is 34.0 Å². The van der Waals surface area contributed by atoms with E-state index in [4.69, 9.17) is 11.0 Å². The molecule has 0 spiro atoms. The van der Waals surface area contributed by atoms with Gasteiger partial charge in [-0.15, -0.1) is 0 Å². The highest BCUT2D eigenvalue weighted by Crippen LogP contribution is 2.43. The molecule has 10 aromatic rings. The number of fused-ring (bicyclic) bond motifs is 10. The molecule has 0 aliphatic rings. The third-order valence-electron chi connectivity index (χ3n) is 9.52. The predicted molar refractivity (Wildman–Crippen MR) is 194 cm³/mol. The SMILES string of the molecule is [C-]#[N+]c1cccc2c1oc1c2ccc2c1c1ccccc1n2-c1cccc(-c2cccc(-n3c4ccccc4c4ccccc43)c2)c1. The van der Waals surface area contributed by atoms with Gasteiger partial charge in [0.25, 0.3) is 0 Å². The first-order valence-corrected chi connectivity index (χ1v) is 15.7. The van der Waals surface area contributed by atoms with Crippen LogP contribution in [0, 0.1) is 6.57 Å². The van der Waals surface area contributed by atoms with Crippen LogP contribution in [0.2, 0.25) is 0 Å². The molecular formula is C43H25N3O. The lowest BCUT2D eigenvalue weighted by molar-refractivity contribution is 0.675. The van der Waals surface area contributed by atoms with Crippen LogP contribution in [0.3, 0.4) is 0 Å². The van der Waals surface area contributed by atoms with Crippen molar-refractivity contribution in [2.24, 2.45) is 0 Å². The molecule has 0 unspecified atom stereocenters. The fraction of sp³-hybridized carbons (Fsp3) is 0. The number of hydrogen-bond acceptors (Lipinski definition) is 1. The summed E-state index contributed by atoms with van der Waals surface area (Å²) in [5.41, 5.74) is 11.1. The Bertz CT molecular complexity index is 2880. The number of rotatable bonds is 3. The molecule has 0 aliphatic carbocycles. The molecule has 0 aliphatic heterocycles. The van der Waals surface area contributed by atoms with Gasteiger partial charge in [0, 0.05) is 38.3 Å². The van der Waals surface area contributed by atoms with Gasteiger partial charge in [-0.25, -0.2) is 4.85 Å². The van der Waals surface area contributed by atoms with Gasteiger partial charge < -0.3 is 13.6 Å². The summed E-state index contributed by atoms with van der Waals surface area (Å²) in [5.74, 6) is 0. The van der Waals surface area contributed by atoms with Crippen LogP contribution in [-0.2, 0) is 0 Å². The Morgan fingerprint density at radius 2 is 0.936 bits per heavy atom. The third-order valence-corrected chi connectivity index (χ3v) is 9.52. The number of para-hydroxylation sites is 4. The molecule has 4 heteroatoms. The lowest BCUT2D eigenvalue weighted by atomic mass is 10.0. The van der Waals surface area contributed by atoms with E-state index < -0.39 is 0 Å². The van der Waals surface area contributed by atoms with Crippen LogP contribution in [0.25, 0.3) is 92.9 Å². The normalized spacial score (nSPS) is 11.8. The Morgan fingerprint density at radius 1 is 0.426 bits per heavy atom. The molecule has 0 N–H and O–H groups in total. The van der Waals surface area contributed by atoms with Crippen molar-refractivity contribution in [1.29, 1.82) is 0 Å². The van der Waals surface area contributed by atoms with Crippen LogP contribution in [0.15, 0.2) is 156 Å². The van der Waals surface area contributed by atoms with E-state index in [-0.39, 0.29) is 0 Å². The Labute approximate surface area is 269 Å². The number of benzene rings is 7. The van der Waals surface area contributed by atoms with Gasteiger partial charge in [0.15, 0.2) is 0 Å². The Hall–Kier alpha value is -6.57. The molecule has 3 heterocycles. The van der Waals surface area contributed by atoms with E-state index in [1.54, 1.807) is 0 Å². The van der Waals surface area contributed by atoms with Gasteiger partial charge in [-0.3, -0.25) is 0 Å². The van der Waals surface area contributed by atoms with Gasteiger partial charge >= 0.3 is 0 Å². The molecule has 47 heavy (non-hydrogen) atoms. The van der Waals surface area contributed by atoms with Gasteiger partial charge in [-0.05, 0) is 65.7 Å². The summed E-state index contributed by atoms with van der Waals surface area (Å²) in [6.07, 6.45) is 0. The van der Waals surface area contributed by atoms with Gasteiger partial charge in [-0.2, -0.15) is 0 Å². The monoisotopic (exact) mass is 599 g/mol. The quantitative estimate of drug-likeness (QED) is 0.186. The fourth-order valence-electron chi connectivity index (χ4n) is 7.51. The molecule has 0 bridgehead atoms. The van der Waals surface area contributed by atoms with Crippen molar-refractivity contribution in [3.8, 4) is 22.5 Å². The third kappa shape index (κ3) is 3.63. The number of nitrogens with zero attached hydrogens (tertiary/aromatic N) is 3. The zero-order chi connectivity index (χ0) is 31.1. The summed E-state index contributed by atoms with van der Waals surface area (Å²) in [6, 6.07) is 53.5. The number of aromatic nitrogens is 2. The minimum absolute atomic E-state index is 0.534. The van der Waals surface area contributed by atoms with Crippen LogP contribution in [-0.4, -0.2) is 9.13 Å². The van der Waals surface area contributed by atoms with Crippen molar-refractivity contribution < 1.29 is 4.42 Å². The summed E-state index contributed by atoms with van der Waals surface area (Å²) in [6.45, 7) is 7.69. The standard InChI is InChI=1S/C43H25N3O/c1-44-36-19-10-18-33-34-23-24-40-41(43(34)47-42(33)36)35-17-4-7-22-39(35)46(40)30-14-9-12-28(26-30)27-11-8-13-29(25-27)45-37-20-5-2-15-31(37)32-16-3-6-21-38(32)45/h2-26H. The molecule has 7 aromatic carbocycles. The molecule has 10 rings (SSSR count). The minimum Gasteiger partial charge on any atom is -0.466 e. The molecule has 0 saturated carbocycles. The Morgan fingerprint density at radius 3 is 1.57 bits per heavy atom. The number of furan rings is 1. The van der Waals surface area contributed by atoms with E-state index in [1.807, 2.05) is 18.2 Å². The molecule has 0 radical (unpaired) electrons. The lowest BCUT2D eigenvalue weighted by Crippen LogP contribution is -1.96. The fourth-order valence-corrected chi connectivity index (χ4v) is 7.51. The molecular weight excluding hydrogens is 574 g/mol.